The molecule has 2 amide bonds. The Balaban J connectivity index is 1.24. The average Bonchev–Trinajstić information content (AvgIpc) is 3.58. The van der Waals surface area contributed by atoms with E-state index in [1.807, 2.05) is 36.4 Å². The van der Waals surface area contributed by atoms with E-state index in [1.54, 1.807) is 4.90 Å². The van der Waals surface area contributed by atoms with Gasteiger partial charge < -0.3 is 20.1 Å². The van der Waals surface area contributed by atoms with Crippen molar-refractivity contribution in [1.82, 2.24) is 10.2 Å². The number of alkyl carbamates (subject to hydrolysis) is 1. The van der Waals surface area contributed by atoms with Crippen molar-refractivity contribution in [2.75, 3.05) is 19.7 Å². The highest BCUT2D eigenvalue weighted by atomic mass is 16.5. The Labute approximate surface area is 199 Å². The maximum absolute atomic E-state index is 13.1. The van der Waals surface area contributed by atoms with Crippen molar-refractivity contribution in [3.05, 3.63) is 59.7 Å². The highest BCUT2D eigenvalue weighted by molar-refractivity contribution is 5.89. The number of carboxylic acids is 1. The van der Waals surface area contributed by atoms with Crippen LogP contribution >= 0.6 is 0 Å². The summed E-state index contributed by atoms with van der Waals surface area (Å²) in [6.07, 6.45) is 4.16. The van der Waals surface area contributed by atoms with E-state index in [0.717, 1.165) is 41.5 Å². The fourth-order valence-electron chi connectivity index (χ4n) is 5.53. The van der Waals surface area contributed by atoms with Gasteiger partial charge >= 0.3 is 12.1 Å². The topological polar surface area (TPSA) is 95.9 Å². The molecule has 2 aromatic rings. The summed E-state index contributed by atoms with van der Waals surface area (Å²) in [5.74, 6) is -1.58. The summed E-state index contributed by atoms with van der Waals surface area (Å²) in [6, 6.07) is 14.9. The molecule has 1 saturated carbocycles. The van der Waals surface area contributed by atoms with Crippen LogP contribution in [0, 0.1) is 5.41 Å². The molecule has 7 heteroatoms. The number of carbonyl (C=O) groups excluding carboxylic acids is 2. The molecule has 2 aromatic carbocycles. The fraction of sp³-hybridized carbons (Fsp3) is 0.444. The number of amides is 2. The molecule has 178 valence electrons. The lowest BCUT2D eigenvalue weighted by atomic mass is 9.98. The third-order valence-corrected chi connectivity index (χ3v) is 7.63. The van der Waals surface area contributed by atoms with Crippen molar-refractivity contribution in [3.8, 4) is 11.1 Å². The second-order valence-electron chi connectivity index (χ2n) is 9.80. The van der Waals surface area contributed by atoms with Crippen LogP contribution in [0.3, 0.4) is 0 Å². The van der Waals surface area contributed by atoms with Crippen molar-refractivity contribution in [2.45, 2.75) is 50.5 Å². The molecule has 1 saturated heterocycles. The third-order valence-electron chi connectivity index (χ3n) is 7.63. The lowest BCUT2D eigenvalue weighted by molar-refractivity contribution is -0.142. The quantitative estimate of drug-likeness (QED) is 0.672. The highest BCUT2D eigenvalue weighted by Gasteiger charge is 2.44. The summed E-state index contributed by atoms with van der Waals surface area (Å²) in [5.41, 5.74) is 4.82. The molecule has 34 heavy (non-hydrogen) atoms. The summed E-state index contributed by atoms with van der Waals surface area (Å²) in [4.78, 5) is 39.0. The molecule has 5 rings (SSSR count). The number of carboxylic acid groups (broad SMARTS) is 1. The first kappa shape index (κ1) is 22.4. The monoisotopic (exact) mass is 462 g/mol. The minimum atomic E-state index is -1.14. The maximum atomic E-state index is 13.1. The van der Waals surface area contributed by atoms with Gasteiger partial charge in [-0.25, -0.2) is 4.79 Å². The Morgan fingerprint density at radius 2 is 1.62 bits per heavy atom. The molecular weight excluding hydrogens is 432 g/mol. The lowest BCUT2D eigenvalue weighted by Crippen LogP contribution is -2.50. The van der Waals surface area contributed by atoms with Gasteiger partial charge in [-0.2, -0.15) is 0 Å². The van der Waals surface area contributed by atoms with Crippen LogP contribution in [-0.2, 0) is 14.3 Å². The Morgan fingerprint density at radius 1 is 0.971 bits per heavy atom. The number of benzene rings is 2. The van der Waals surface area contributed by atoms with E-state index in [-0.39, 0.29) is 18.4 Å². The largest absolute Gasteiger partial charge is 0.481 e. The third kappa shape index (κ3) is 4.52. The number of hydrogen-bond acceptors (Lipinski definition) is 4. The van der Waals surface area contributed by atoms with E-state index >= 15 is 0 Å². The van der Waals surface area contributed by atoms with E-state index in [1.165, 1.54) is 12.8 Å². The van der Waals surface area contributed by atoms with Crippen molar-refractivity contribution >= 4 is 18.0 Å². The molecule has 1 atom stereocenters. The van der Waals surface area contributed by atoms with Gasteiger partial charge in [0.1, 0.15) is 12.6 Å². The van der Waals surface area contributed by atoms with Crippen LogP contribution in [0.25, 0.3) is 11.1 Å². The van der Waals surface area contributed by atoms with Gasteiger partial charge in [-0.1, -0.05) is 48.5 Å². The molecule has 2 aliphatic carbocycles. The van der Waals surface area contributed by atoms with Gasteiger partial charge in [0.15, 0.2) is 0 Å². The van der Waals surface area contributed by atoms with Gasteiger partial charge in [-0.05, 0) is 59.8 Å². The minimum absolute atomic E-state index is 0.105. The first-order valence-corrected chi connectivity index (χ1v) is 12.1. The maximum Gasteiger partial charge on any atom is 0.407 e. The molecule has 1 unspecified atom stereocenters. The first-order valence-electron chi connectivity index (χ1n) is 12.1. The zero-order valence-corrected chi connectivity index (χ0v) is 19.2. The van der Waals surface area contributed by atoms with Gasteiger partial charge in [-0.3, -0.25) is 9.59 Å². The van der Waals surface area contributed by atoms with Gasteiger partial charge in [0.2, 0.25) is 5.91 Å². The number of fused-ring (bicyclic) bond motifs is 3. The predicted octanol–water partition coefficient (Wildman–Crippen LogP) is 4.16. The van der Waals surface area contributed by atoms with Crippen molar-refractivity contribution in [1.29, 1.82) is 0 Å². The molecule has 1 spiro atoms. The minimum Gasteiger partial charge on any atom is -0.481 e. The molecule has 3 aliphatic rings. The number of ether oxygens (including phenoxy) is 1. The van der Waals surface area contributed by atoms with E-state index in [0.29, 0.717) is 18.5 Å². The number of carbonyl (C=O) groups is 3. The van der Waals surface area contributed by atoms with Gasteiger partial charge in [0.25, 0.3) is 0 Å². The highest BCUT2D eigenvalue weighted by Crippen LogP contribution is 2.53. The number of hydrogen-bond donors (Lipinski definition) is 2. The lowest BCUT2D eigenvalue weighted by Gasteiger charge is -2.26. The molecule has 7 nitrogen and oxygen atoms in total. The fourth-order valence-corrected chi connectivity index (χ4v) is 5.53. The molecule has 0 bridgehead atoms. The SMILES string of the molecule is O=C(O)CC(NC(=O)OCC1c2ccccc2-c2ccccc21)C(=O)N1CCCC2(CC1)CC2. The van der Waals surface area contributed by atoms with Gasteiger partial charge in [0.05, 0.1) is 6.42 Å². The van der Waals surface area contributed by atoms with Crippen LogP contribution < -0.4 is 5.32 Å². The van der Waals surface area contributed by atoms with Crippen LogP contribution in [-0.4, -0.2) is 53.7 Å². The van der Waals surface area contributed by atoms with Crippen LogP contribution in [0.15, 0.2) is 48.5 Å². The van der Waals surface area contributed by atoms with E-state index in [4.69, 9.17) is 4.74 Å². The van der Waals surface area contributed by atoms with E-state index in [9.17, 15) is 19.5 Å². The molecule has 0 radical (unpaired) electrons. The summed E-state index contributed by atoms with van der Waals surface area (Å²) in [5, 5.41) is 11.9. The molecule has 2 fully saturated rings. The number of aliphatic carboxylic acids is 1. The number of nitrogens with one attached hydrogen (secondary N) is 1. The Kier molecular flexibility index (Phi) is 6.02. The molecule has 2 N–H and O–H groups in total. The molecule has 0 aromatic heterocycles. The standard InChI is InChI=1S/C27H30N2O5/c30-24(31)16-23(25(32)29-14-5-10-27(11-12-27)13-15-29)28-26(33)34-17-22-20-8-3-1-6-18(20)19-7-2-4-9-21(19)22/h1-4,6-9,22-23H,5,10-17H2,(H,28,33)(H,30,31). The van der Waals surface area contributed by atoms with Crippen LogP contribution in [0.2, 0.25) is 0 Å². The summed E-state index contributed by atoms with van der Waals surface area (Å²) >= 11 is 0. The van der Waals surface area contributed by atoms with Crippen LogP contribution in [0.1, 0.15) is 55.6 Å². The first-order chi connectivity index (χ1) is 16.5. The van der Waals surface area contributed by atoms with E-state index < -0.39 is 24.5 Å². The number of rotatable bonds is 6. The van der Waals surface area contributed by atoms with Crippen molar-refractivity contribution in [2.24, 2.45) is 5.41 Å². The Morgan fingerprint density at radius 3 is 2.24 bits per heavy atom. The van der Waals surface area contributed by atoms with E-state index in [2.05, 4.69) is 17.4 Å². The van der Waals surface area contributed by atoms with Gasteiger partial charge in [-0.15, -0.1) is 0 Å². The Hall–Kier alpha value is -3.35. The molecular formula is C27H30N2O5. The summed E-state index contributed by atoms with van der Waals surface area (Å²) in [6.45, 7) is 1.32. The van der Waals surface area contributed by atoms with Crippen LogP contribution in [0.5, 0.6) is 0 Å². The average molecular weight is 463 g/mol. The van der Waals surface area contributed by atoms with Crippen LogP contribution in [0.4, 0.5) is 4.79 Å². The zero-order valence-electron chi connectivity index (χ0n) is 19.2. The second kappa shape index (κ2) is 9.12. The zero-order chi connectivity index (χ0) is 23.7. The predicted molar refractivity (Wildman–Crippen MR) is 126 cm³/mol. The summed E-state index contributed by atoms with van der Waals surface area (Å²) < 4.78 is 5.54. The molecule has 1 aliphatic heterocycles. The summed E-state index contributed by atoms with van der Waals surface area (Å²) in [7, 11) is 0. The number of likely N-dealkylation sites (tertiary alicyclic amines) is 1. The number of nitrogens with zero attached hydrogens (tertiary/aromatic N) is 1. The van der Waals surface area contributed by atoms with Crippen molar-refractivity contribution in [3.63, 3.8) is 0 Å². The van der Waals surface area contributed by atoms with Crippen molar-refractivity contribution < 1.29 is 24.2 Å². The smallest absolute Gasteiger partial charge is 0.407 e. The normalized spacial score (nSPS) is 19.0. The van der Waals surface area contributed by atoms with Gasteiger partial charge in [0, 0.05) is 19.0 Å². The molecule has 1 heterocycles. The second-order valence-corrected chi connectivity index (χ2v) is 9.80. The Bertz CT molecular complexity index is 1060.